The molecular weight excluding hydrogens is 302 g/mol. The molecule has 0 aliphatic heterocycles. The van der Waals surface area contributed by atoms with E-state index in [0.29, 0.717) is 5.56 Å². The average Bonchev–Trinajstić information content (AvgIpc) is 2.52. The fraction of sp³-hybridized carbons (Fsp3) is 0.300. The van der Waals surface area contributed by atoms with Gasteiger partial charge in [0.1, 0.15) is 0 Å². The van der Waals surface area contributed by atoms with Gasteiger partial charge in [-0.2, -0.15) is 0 Å². The van der Waals surface area contributed by atoms with Crippen molar-refractivity contribution in [2.75, 3.05) is 0 Å². The molecule has 0 bridgehead atoms. The topological polar surface area (TPSA) is 55.4 Å². The summed E-state index contributed by atoms with van der Waals surface area (Å²) in [6, 6.07) is 18.4. The number of hydrogen-bond donors (Lipinski definition) is 1. The minimum absolute atomic E-state index is 0.132. The van der Waals surface area contributed by atoms with Gasteiger partial charge >= 0.3 is 5.97 Å². The van der Waals surface area contributed by atoms with E-state index < -0.39 is 17.6 Å². The van der Waals surface area contributed by atoms with E-state index in [1.165, 1.54) is 0 Å². The van der Waals surface area contributed by atoms with E-state index in [0.717, 1.165) is 5.56 Å². The Morgan fingerprint density at radius 3 is 2.04 bits per heavy atom. The lowest BCUT2D eigenvalue weighted by atomic mass is 10.1. The Morgan fingerprint density at radius 2 is 1.50 bits per heavy atom. The first kappa shape index (κ1) is 17.7. The van der Waals surface area contributed by atoms with Crippen molar-refractivity contribution < 1.29 is 14.3 Å². The number of carbonyl (C=O) groups is 2. The van der Waals surface area contributed by atoms with Crippen LogP contribution in [0.3, 0.4) is 0 Å². The van der Waals surface area contributed by atoms with Gasteiger partial charge in [-0.25, -0.2) is 0 Å². The van der Waals surface area contributed by atoms with Gasteiger partial charge in [0.05, 0.1) is 6.42 Å². The van der Waals surface area contributed by atoms with Crippen LogP contribution in [0.15, 0.2) is 60.7 Å². The molecule has 0 aromatic heterocycles. The highest BCUT2D eigenvalue weighted by Gasteiger charge is 2.27. The minimum atomic E-state index is -0.957. The molecule has 0 spiro atoms. The zero-order valence-corrected chi connectivity index (χ0v) is 14.3. The summed E-state index contributed by atoms with van der Waals surface area (Å²) in [5.74, 6) is -0.755. The zero-order valence-electron chi connectivity index (χ0n) is 14.3. The van der Waals surface area contributed by atoms with E-state index in [2.05, 4.69) is 5.32 Å². The van der Waals surface area contributed by atoms with Gasteiger partial charge in [-0.15, -0.1) is 0 Å². The highest BCUT2D eigenvalue weighted by Crippen LogP contribution is 2.20. The van der Waals surface area contributed by atoms with Crippen LogP contribution >= 0.6 is 0 Å². The third-order valence-electron chi connectivity index (χ3n) is 3.28. The molecule has 1 N–H and O–H groups in total. The maximum Gasteiger partial charge on any atom is 0.311 e. The number of nitrogens with one attached hydrogen (secondary N) is 1. The maximum atomic E-state index is 12.6. The van der Waals surface area contributed by atoms with Gasteiger partial charge in [-0.05, 0) is 26.3 Å². The molecule has 0 aliphatic carbocycles. The molecule has 1 amide bonds. The van der Waals surface area contributed by atoms with Crippen LogP contribution in [0.4, 0.5) is 0 Å². The molecule has 0 saturated carbocycles. The predicted octanol–water partition coefficient (Wildman–Crippen LogP) is 3.43. The molecule has 4 heteroatoms. The number of benzene rings is 2. The summed E-state index contributed by atoms with van der Waals surface area (Å²) >= 11 is 0. The first-order valence-electron chi connectivity index (χ1n) is 7.95. The van der Waals surface area contributed by atoms with Crippen molar-refractivity contribution in [2.24, 2.45) is 0 Å². The second-order valence-electron chi connectivity index (χ2n) is 6.68. The largest absolute Gasteiger partial charge is 0.447 e. The monoisotopic (exact) mass is 325 g/mol. The van der Waals surface area contributed by atoms with Gasteiger partial charge in [0.15, 0.2) is 0 Å². The average molecular weight is 325 g/mol. The van der Waals surface area contributed by atoms with Crippen molar-refractivity contribution >= 4 is 11.9 Å². The van der Waals surface area contributed by atoms with Crippen LogP contribution in [0, 0.1) is 0 Å². The molecule has 0 heterocycles. The number of rotatable bonds is 5. The van der Waals surface area contributed by atoms with Crippen LogP contribution in [0.1, 0.15) is 38.0 Å². The van der Waals surface area contributed by atoms with Crippen molar-refractivity contribution in [3.8, 4) is 0 Å². The Balaban J connectivity index is 2.14. The summed E-state index contributed by atoms with van der Waals surface area (Å²) in [7, 11) is 0. The van der Waals surface area contributed by atoms with Gasteiger partial charge in [-0.1, -0.05) is 60.7 Å². The first-order valence-corrected chi connectivity index (χ1v) is 7.95. The number of amides is 1. The molecule has 0 saturated heterocycles. The Kier molecular flexibility index (Phi) is 5.74. The number of ether oxygens (including phenoxy) is 1. The van der Waals surface area contributed by atoms with E-state index in [4.69, 9.17) is 4.74 Å². The standard InChI is InChI=1S/C20H23NO3/c1-20(2,3)21-19(23)18(16-12-8-5-9-13-16)24-17(22)14-15-10-6-4-7-11-15/h4-13,18H,14H2,1-3H3,(H,21,23). The van der Waals surface area contributed by atoms with Crippen molar-refractivity contribution in [3.05, 3.63) is 71.8 Å². The van der Waals surface area contributed by atoms with Crippen molar-refractivity contribution in [2.45, 2.75) is 38.8 Å². The van der Waals surface area contributed by atoms with E-state index in [9.17, 15) is 9.59 Å². The van der Waals surface area contributed by atoms with Crippen LogP contribution < -0.4 is 5.32 Å². The van der Waals surface area contributed by atoms with Crippen LogP contribution in [0.25, 0.3) is 0 Å². The molecule has 0 fully saturated rings. The number of carbonyl (C=O) groups excluding carboxylic acids is 2. The van der Waals surface area contributed by atoms with Gasteiger partial charge in [0.25, 0.3) is 5.91 Å². The fourth-order valence-electron chi connectivity index (χ4n) is 2.27. The molecule has 0 radical (unpaired) electrons. The molecule has 24 heavy (non-hydrogen) atoms. The van der Waals surface area contributed by atoms with Crippen LogP contribution in [-0.2, 0) is 20.7 Å². The van der Waals surface area contributed by atoms with Crippen molar-refractivity contribution in [3.63, 3.8) is 0 Å². The Bertz CT molecular complexity index is 675. The predicted molar refractivity (Wildman–Crippen MR) is 93.3 cm³/mol. The smallest absolute Gasteiger partial charge is 0.311 e. The molecule has 126 valence electrons. The third kappa shape index (κ3) is 5.54. The maximum absolute atomic E-state index is 12.6. The van der Waals surface area contributed by atoms with E-state index in [1.807, 2.05) is 69.3 Å². The molecule has 0 aliphatic rings. The Hall–Kier alpha value is -2.62. The molecule has 2 aromatic rings. The van der Waals surface area contributed by atoms with Crippen LogP contribution in [0.2, 0.25) is 0 Å². The van der Waals surface area contributed by atoms with E-state index in [1.54, 1.807) is 12.1 Å². The van der Waals surface area contributed by atoms with Crippen LogP contribution in [0.5, 0.6) is 0 Å². The summed E-state index contributed by atoms with van der Waals surface area (Å²) in [5, 5.41) is 2.87. The van der Waals surface area contributed by atoms with Gasteiger partial charge in [0.2, 0.25) is 6.10 Å². The van der Waals surface area contributed by atoms with Crippen molar-refractivity contribution in [1.82, 2.24) is 5.32 Å². The van der Waals surface area contributed by atoms with Crippen LogP contribution in [-0.4, -0.2) is 17.4 Å². The number of hydrogen-bond acceptors (Lipinski definition) is 3. The Labute approximate surface area is 142 Å². The Morgan fingerprint density at radius 1 is 0.958 bits per heavy atom. The normalized spacial score (nSPS) is 12.3. The van der Waals surface area contributed by atoms with E-state index >= 15 is 0 Å². The highest BCUT2D eigenvalue weighted by atomic mass is 16.5. The lowest BCUT2D eigenvalue weighted by Gasteiger charge is -2.25. The molecule has 4 nitrogen and oxygen atoms in total. The second kappa shape index (κ2) is 7.77. The highest BCUT2D eigenvalue weighted by molar-refractivity contribution is 5.85. The summed E-state index contributed by atoms with van der Waals surface area (Å²) in [6.07, 6.45) is -0.825. The molecule has 1 atom stereocenters. The lowest BCUT2D eigenvalue weighted by molar-refractivity contribution is -0.156. The molecule has 2 aromatic carbocycles. The van der Waals surface area contributed by atoms with Crippen molar-refractivity contribution in [1.29, 1.82) is 0 Å². The first-order chi connectivity index (χ1) is 11.3. The quantitative estimate of drug-likeness (QED) is 0.857. The van der Waals surface area contributed by atoms with Gasteiger partial charge < -0.3 is 10.1 Å². The van der Waals surface area contributed by atoms with E-state index in [-0.39, 0.29) is 12.3 Å². The van der Waals surface area contributed by atoms with Gasteiger partial charge in [-0.3, -0.25) is 9.59 Å². The van der Waals surface area contributed by atoms with Gasteiger partial charge in [0, 0.05) is 11.1 Å². The SMILES string of the molecule is CC(C)(C)NC(=O)C(OC(=O)Cc1ccccc1)c1ccccc1. The fourth-order valence-corrected chi connectivity index (χ4v) is 2.27. The molecule has 2 rings (SSSR count). The summed E-state index contributed by atoms with van der Waals surface area (Å²) in [6.45, 7) is 5.66. The minimum Gasteiger partial charge on any atom is -0.447 e. The zero-order chi connectivity index (χ0) is 17.6. The molecular formula is C20H23NO3. The summed E-state index contributed by atoms with van der Waals surface area (Å²) in [5.41, 5.74) is 1.10. The second-order valence-corrected chi connectivity index (χ2v) is 6.68. The number of esters is 1. The lowest BCUT2D eigenvalue weighted by Crippen LogP contribution is -2.44. The summed E-state index contributed by atoms with van der Waals surface area (Å²) < 4.78 is 5.50. The molecule has 1 unspecified atom stereocenters. The third-order valence-corrected chi connectivity index (χ3v) is 3.28. The summed E-state index contributed by atoms with van der Waals surface area (Å²) in [4.78, 5) is 24.8.